The minimum atomic E-state index is -1.06. The zero-order chi connectivity index (χ0) is 19.6. The molecular weight excluding hydrogens is 348 g/mol. The third-order valence-electron chi connectivity index (χ3n) is 3.77. The number of carbonyl (C=O) groups is 3. The number of hydrogen-bond acceptors (Lipinski definition) is 4. The van der Waals surface area contributed by atoms with Gasteiger partial charge in [0, 0.05) is 32.1 Å². The summed E-state index contributed by atoms with van der Waals surface area (Å²) in [7, 11) is 0. The highest BCUT2D eigenvalue weighted by molar-refractivity contribution is 5.91. The summed E-state index contributed by atoms with van der Waals surface area (Å²) in [4.78, 5) is 36.0. The summed E-state index contributed by atoms with van der Waals surface area (Å²) in [5.41, 5.74) is 1.57. The van der Waals surface area contributed by atoms with E-state index in [2.05, 4.69) is 5.32 Å². The molecule has 2 rings (SSSR count). The lowest BCUT2D eigenvalue weighted by molar-refractivity contribution is -0.139. The molecule has 2 aromatic carbocycles. The van der Waals surface area contributed by atoms with E-state index in [-0.39, 0.29) is 18.2 Å². The predicted molar refractivity (Wildman–Crippen MR) is 100 cm³/mol. The van der Waals surface area contributed by atoms with E-state index in [1.807, 2.05) is 30.3 Å². The average molecular weight is 370 g/mol. The first-order valence-corrected chi connectivity index (χ1v) is 8.48. The highest BCUT2D eigenvalue weighted by Crippen LogP contribution is 2.16. The smallest absolute Gasteiger partial charge is 0.341 e. The van der Waals surface area contributed by atoms with Crippen LogP contribution in [0.25, 0.3) is 0 Å². The number of amides is 2. The van der Waals surface area contributed by atoms with E-state index in [9.17, 15) is 14.4 Å². The van der Waals surface area contributed by atoms with Crippen molar-refractivity contribution in [3.63, 3.8) is 0 Å². The molecule has 27 heavy (non-hydrogen) atoms. The Morgan fingerprint density at radius 2 is 1.70 bits per heavy atom. The van der Waals surface area contributed by atoms with Crippen molar-refractivity contribution in [1.29, 1.82) is 0 Å². The molecule has 0 aromatic heterocycles. The summed E-state index contributed by atoms with van der Waals surface area (Å²) in [6, 6.07) is 16.0. The monoisotopic (exact) mass is 370 g/mol. The van der Waals surface area contributed by atoms with Crippen LogP contribution in [0, 0.1) is 0 Å². The summed E-state index contributed by atoms with van der Waals surface area (Å²) >= 11 is 0. The molecule has 0 unspecified atom stereocenters. The molecule has 0 heterocycles. The van der Waals surface area contributed by atoms with Gasteiger partial charge in [-0.25, -0.2) is 4.79 Å². The molecule has 0 aliphatic heterocycles. The van der Waals surface area contributed by atoms with Crippen molar-refractivity contribution in [1.82, 2.24) is 4.90 Å². The number of carboxylic acid groups (broad SMARTS) is 1. The van der Waals surface area contributed by atoms with Crippen LogP contribution >= 0.6 is 0 Å². The van der Waals surface area contributed by atoms with E-state index in [0.29, 0.717) is 24.5 Å². The summed E-state index contributed by atoms with van der Waals surface area (Å²) in [6.45, 7) is 1.83. The summed E-state index contributed by atoms with van der Waals surface area (Å²) < 4.78 is 5.03. The van der Waals surface area contributed by atoms with Crippen molar-refractivity contribution in [2.45, 2.75) is 19.9 Å². The Labute approximate surface area is 157 Å². The van der Waals surface area contributed by atoms with Crippen LogP contribution < -0.4 is 10.1 Å². The molecule has 0 bridgehead atoms. The Hall–Kier alpha value is -3.35. The molecule has 0 aliphatic carbocycles. The van der Waals surface area contributed by atoms with Gasteiger partial charge in [0.1, 0.15) is 5.75 Å². The molecular formula is C20H22N2O5. The van der Waals surface area contributed by atoms with Crippen LogP contribution in [-0.4, -0.2) is 40.9 Å². The van der Waals surface area contributed by atoms with Crippen LogP contribution in [0.3, 0.4) is 0 Å². The molecule has 2 aromatic rings. The normalized spacial score (nSPS) is 10.1. The highest BCUT2D eigenvalue weighted by atomic mass is 16.5. The second-order valence-corrected chi connectivity index (χ2v) is 5.93. The van der Waals surface area contributed by atoms with Gasteiger partial charge in [-0.3, -0.25) is 9.59 Å². The number of anilines is 1. The first-order valence-electron chi connectivity index (χ1n) is 8.48. The van der Waals surface area contributed by atoms with E-state index in [4.69, 9.17) is 9.84 Å². The van der Waals surface area contributed by atoms with E-state index in [1.165, 1.54) is 6.92 Å². The number of carbonyl (C=O) groups excluding carboxylic acids is 2. The van der Waals surface area contributed by atoms with Gasteiger partial charge < -0.3 is 20.1 Å². The number of ether oxygens (including phenoxy) is 1. The first kappa shape index (κ1) is 20.0. The number of nitrogens with zero attached hydrogens (tertiary/aromatic N) is 1. The van der Waals surface area contributed by atoms with Crippen LogP contribution in [0.15, 0.2) is 54.6 Å². The Balaban J connectivity index is 1.83. The lowest BCUT2D eigenvalue weighted by Crippen LogP contribution is -2.31. The van der Waals surface area contributed by atoms with Gasteiger partial charge >= 0.3 is 5.97 Å². The fourth-order valence-corrected chi connectivity index (χ4v) is 2.39. The topological polar surface area (TPSA) is 95.9 Å². The van der Waals surface area contributed by atoms with Gasteiger partial charge in [-0.05, 0) is 29.8 Å². The lowest BCUT2D eigenvalue weighted by Gasteiger charge is -2.21. The van der Waals surface area contributed by atoms with Crippen molar-refractivity contribution in [3.05, 3.63) is 60.2 Å². The number of rotatable bonds is 9. The molecule has 0 saturated heterocycles. The second-order valence-electron chi connectivity index (χ2n) is 5.93. The maximum atomic E-state index is 12.1. The number of aliphatic carboxylic acids is 1. The van der Waals surface area contributed by atoms with E-state index in [0.717, 1.165) is 5.56 Å². The first-order chi connectivity index (χ1) is 12.9. The summed E-state index contributed by atoms with van der Waals surface area (Å²) in [5, 5.41) is 11.3. The van der Waals surface area contributed by atoms with Crippen molar-refractivity contribution in [3.8, 4) is 5.75 Å². The molecule has 7 nitrogen and oxygen atoms in total. The van der Waals surface area contributed by atoms with Gasteiger partial charge in [-0.15, -0.1) is 0 Å². The van der Waals surface area contributed by atoms with Crippen LogP contribution in [-0.2, 0) is 20.9 Å². The molecule has 0 radical (unpaired) electrons. The number of carboxylic acids is 1. The van der Waals surface area contributed by atoms with Crippen LogP contribution in [0.1, 0.15) is 18.9 Å². The highest BCUT2D eigenvalue weighted by Gasteiger charge is 2.12. The van der Waals surface area contributed by atoms with Crippen molar-refractivity contribution >= 4 is 23.5 Å². The maximum Gasteiger partial charge on any atom is 0.341 e. The Morgan fingerprint density at radius 1 is 1.04 bits per heavy atom. The standard InChI is InChI=1S/C20H22N2O5/c1-15(23)22(13-16-5-3-2-4-6-16)12-11-19(24)21-17-7-9-18(10-8-17)27-14-20(25)26/h2-10H,11-14H2,1H3,(H,21,24)(H,25,26). The summed E-state index contributed by atoms with van der Waals surface area (Å²) in [5.74, 6) is -0.959. The molecule has 0 aliphatic rings. The van der Waals surface area contributed by atoms with Crippen LogP contribution in [0.4, 0.5) is 5.69 Å². The van der Waals surface area contributed by atoms with Crippen molar-refractivity contribution in [2.24, 2.45) is 0 Å². The fraction of sp³-hybridized carbons (Fsp3) is 0.250. The zero-order valence-corrected chi connectivity index (χ0v) is 15.1. The van der Waals surface area contributed by atoms with Gasteiger partial charge in [-0.2, -0.15) is 0 Å². The third-order valence-corrected chi connectivity index (χ3v) is 3.77. The number of hydrogen-bond donors (Lipinski definition) is 2. The molecule has 2 amide bonds. The molecule has 0 spiro atoms. The van der Waals surface area contributed by atoms with E-state index >= 15 is 0 Å². The van der Waals surface area contributed by atoms with Gasteiger partial charge in [-0.1, -0.05) is 30.3 Å². The Kier molecular flexibility index (Phi) is 7.37. The van der Waals surface area contributed by atoms with Crippen LogP contribution in [0.2, 0.25) is 0 Å². The Morgan fingerprint density at radius 3 is 2.30 bits per heavy atom. The quantitative estimate of drug-likeness (QED) is 0.707. The lowest BCUT2D eigenvalue weighted by atomic mass is 10.2. The SMILES string of the molecule is CC(=O)N(CCC(=O)Nc1ccc(OCC(=O)O)cc1)Cc1ccccc1. The predicted octanol–water partition coefficient (Wildman–Crippen LogP) is 2.53. The van der Waals surface area contributed by atoms with Crippen LogP contribution in [0.5, 0.6) is 5.75 Å². The largest absolute Gasteiger partial charge is 0.482 e. The molecule has 0 saturated carbocycles. The summed E-state index contributed by atoms with van der Waals surface area (Å²) in [6.07, 6.45) is 0.170. The molecule has 7 heteroatoms. The van der Waals surface area contributed by atoms with Gasteiger partial charge in [0.25, 0.3) is 0 Å². The van der Waals surface area contributed by atoms with E-state index < -0.39 is 12.6 Å². The molecule has 2 N–H and O–H groups in total. The molecule has 0 atom stereocenters. The minimum absolute atomic E-state index is 0.0911. The minimum Gasteiger partial charge on any atom is -0.482 e. The second kappa shape index (κ2) is 9.96. The number of benzene rings is 2. The van der Waals surface area contributed by atoms with Gasteiger partial charge in [0.15, 0.2) is 6.61 Å². The van der Waals surface area contributed by atoms with Crippen molar-refractivity contribution < 1.29 is 24.2 Å². The van der Waals surface area contributed by atoms with Crippen molar-refractivity contribution in [2.75, 3.05) is 18.5 Å². The maximum absolute atomic E-state index is 12.1. The number of nitrogens with one attached hydrogen (secondary N) is 1. The average Bonchev–Trinajstić information content (AvgIpc) is 2.65. The third kappa shape index (κ3) is 7.19. The zero-order valence-electron chi connectivity index (χ0n) is 15.1. The van der Waals surface area contributed by atoms with E-state index in [1.54, 1.807) is 29.2 Å². The molecule has 0 fully saturated rings. The fourth-order valence-electron chi connectivity index (χ4n) is 2.39. The van der Waals surface area contributed by atoms with Gasteiger partial charge in [0.2, 0.25) is 11.8 Å². The molecule has 142 valence electrons. The Bertz CT molecular complexity index is 775. The van der Waals surface area contributed by atoms with Gasteiger partial charge in [0.05, 0.1) is 0 Å².